The van der Waals surface area contributed by atoms with Crippen molar-refractivity contribution in [1.29, 1.82) is 0 Å². The van der Waals surface area contributed by atoms with E-state index in [0.717, 1.165) is 43.3 Å². The number of nitrogens with zero attached hydrogens (tertiary/aromatic N) is 2. The minimum atomic E-state index is -3.58. The minimum Gasteiger partial charge on any atom is -0.376 e. The molecule has 2 heterocycles. The Bertz CT molecular complexity index is 769. The number of halogens is 1. The van der Waals surface area contributed by atoms with Crippen LogP contribution in [0.2, 0.25) is 0 Å². The molecule has 2 aliphatic heterocycles. The first-order valence-corrected chi connectivity index (χ1v) is 12.3. The molecule has 28 heavy (non-hydrogen) atoms. The molecule has 0 aromatic heterocycles. The quantitative estimate of drug-likeness (QED) is 0.636. The molecule has 2 saturated heterocycles. The highest BCUT2D eigenvalue weighted by Gasteiger charge is 2.36. The van der Waals surface area contributed by atoms with Gasteiger partial charge in [-0.15, -0.1) is 0 Å². The smallest absolute Gasteiger partial charge is 0.243 e. The van der Waals surface area contributed by atoms with Crippen molar-refractivity contribution in [3.8, 4) is 0 Å². The lowest BCUT2D eigenvalue weighted by molar-refractivity contribution is -0.140. The van der Waals surface area contributed by atoms with E-state index in [1.165, 1.54) is 4.31 Å². The number of amides is 1. The lowest BCUT2D eigenvalue weighted by Crippen LogP contribution is -2.50. The van der Waals surface area contributed by atoms with Gasteiger partial charge in [0.2, 0.25) is 15.9 Å². The zero-order valence-corrected chi connectivity index (χ0v) is 18.8. The predicted molar refractivity (Wildman–Crippen MR) is 111 cm³/mol. The Morgan fingerprint density at radius 2 is 1.86 bits per heavy atom. The summed E-state index contributed by atoms with van der Waals surface area (Å²) in [5.74, 6) is -0.204. The fourth-order valence-electron chi connectivity index (χ4n) is 3.94. The van der Waals surface area contributed by atoms with Gasteiger partial charge in [0.1, 0.15) is 0 Å². The molecule has 0 spiro atoms. The summed E-state index contributed by atoms with van der Waals surface area (Å²) in [4.78, 5) is 15.2. The first kappa shape index (κ1) is 21.7. The number of likely N-dealkylation sites (tertiary alicyclic amines) is 1. The van der Waals surface area contributed by atoms with Gasteiger partial charge < -0.3 is 9.64 Å². The third-order valence-corrected chi connectivity index (χ3v) is 7.84. The number of sulfonamides is 1. The molecule has 2 unspecified atom stereocenters. The second kappa shape index (κ2) is 9.69. The molecular formula is C20H29BrN2O4S. The standard InChI is InChI=1S/C20H29BrN2O4S/c1-2-13-27-18-6-4-11-22(15-18)20(24)16-5-3-12-23(14-16)28(25,26)19-9-7-17(21)8-10-19/h7-10,16,18H,2-6,11-15H2,1H3. The van der Waals surface area contributed by atoms with Crippen LogP contribution in [0.1, 0.15) is 39.0 Å². The molecule has 0 aliphatic carbocycles. The normalized spacial score (nSPS) is 24.3. The third-order valence-electron chi connectivity index (χ3n) is 5.43. The highest BCUT2D eigenvalue weighted by molar-refractivity contribution is 9.10. The highest BCUT2D eigenvalue weighted by Crippen LogP contribution is 2.27. The Labute approximate surface area is 176 Å². The number of hydrogen-bond acceptors (Lipinski definition) is 4. The fourth-order valence-corrected chi connectivity index (χ4v) is 5.72. The monoisotopic (exact) mass is 472 g/mol. The van der Waals surface area contributed by atoms with Gasteiger partial charge >= 0.3 is 0 Å². The van der Waals surface area contributed by atoms with E-state index in [-0.39, 0.29) is 29.4 Å². The molecule has 6 nitrogen and oxygen atoms in total. The summed E-state index contributed by atoms with van der Waals surface area (Å²) in [6.07, 6.45) is 4.43. The summed E-state index contributed by atoms with van der Waals surface area (Å²) in [6, 6.07) is 6.66. The van der Waals surface area contributed by atoms with Crippen LogP contribution in [0.4, 0.5) is 0 Å². The van der Waals surface area contributed by atoms with Gasteiger partial charge in [-0.3, -0.25) is 4.79 Å². The second-order valence-electron chi connectivity index (χ2n) is 7.58. The summed E-state index contributed by atoms with van der Waals surface area (Å²) in [7, 11) is -3.58. The van der Waals surface area contributed by atoms with Crippen LogP contribution in [0.5, 0.6) is 0 Å². The third kappa shape index (κ3) is 5.14. The lowest BCUT2D eigenvalue weighted by Gasteiger charge is -2.37. The summed E-state index contributed by atoms with van der Waals surface area (Å²) in [5, 5.41) is 0. The van der Waals surface area contributed by atoms with Crippen LogP contribution >= 0.6 is 15.9 Å². The Hall–Kier alpha value is -0.960. The Morgan fingerprint density at radius 3 is 2.57 bits per heavy atom. The first-order valence-electron chi connectivity index (χ1n) is 10.1. The lowest BCUT2D eigenvalue weighted by atomic mass is 9.96. The van der Waals surface area contributed by atoms with Crippen LogP contribution in [0.15, 0.2) is 33.6 Å². The molecule has 2 aliphatic rings. The molecule has 1 aromatic carbocycles. The number of carbonyl (C=O) groups excluding carboxylic acids is 1. The largest absolute Gasteiger partial charge is 0.376 e. The van der Waals surface area contributed by atoms with Gasteiger partial charge in [-0.05, 0) is 56.4 Å². The summed E-state index contributed by atoms with van der Waals surface area (Å²) >= 11 is 3.33. The average Bonchev–Trinajstić information content (AvgIpc) is 2.72. The molecule has 2 fully saturated rings. The van der Waals surface area contributed by atoms with Crippen molar-refractivity contribution >= 4 is 31.9 Å². The van der Waals surface area contributed by atoms with Gasteiger partial charge in [0.15, 0.2) is 0 Å². The van der Waals surface area contributed by atoms with E-state index < -0.39 is 10.0 Å². The van der Waals surface area contributed by atoms with Crippen molar-refractivity contribution < 1.29 is 17.9 Å². The van der Waals surface area contributed by atoms with Gasteiger partial charge in [-0.2, -0.15) is 4.31 Å². The van der Waals surface area contributed by atoms with E-state index >= 15 is 0 Å². The van der Waals surface area contributed by atoms with Crippen molar-refractivity contribution in [2.24, 2.45) is 5.92 Å². The molecule has 1 amide bonds. The molecule has 3 rings (SSSR count). The van der Waals surface area contributed by atoms with Gasteiger partial charge in [0.05, 0.1) is 16.9 Å². The van der Waals surface area contributed by atoms with Crippen LogP contribution in [0.25, 0.3) is 0 Å². The number of benzene rings is 1. The maximum absolute atomic E-state index is 13.1. The Morgan fingerprint density at radius 1 is 1.14 bits per heavy atom. The molecule has 0 N–H and O–H groups in total. The summed E-state index contributed by atoms with van der Waals surface area (Å²) < 4.78 is 34.1. The van der Waals surface area contributed by atoms with Crippen molar-refractivity contribution in [1.82, 2.24) is 9.21 Å². The molecule has 1 aromatic rings. The number of ether oxygens (including phenoxy) is 1. The second-order valence-corrected chi connectivity index (χ2v) is 10.4. The molecule has 0 saturated carbocycles. The van der Waals surface area contributed by atoms with Crippen LogP contribution < -0.4 is 0 Å². The van der Waals surface area contributed by atoms with Crippen molar-refractivity contribution in [3.05, 3.63) is 28.7 Å². The number of rotatable bonds is 6. The van der Waals surface area contributed by atoms with Crippen LogP contribution in [0, 0.1) is 5.92 Å². The molecule has 8 heteroatoms. The van der Waals surface area contributed by atoms with E-state index in [2.05, 4.69) is 22.9 Å². The minimum absolute atomic E-state index is 0.0699. The molecule has 0 bridgehead atoms. The van der Waals surface area contributed by atoms with Crippen LogP contribution in [-0.4, -0.2) is 62.4 Å². The SMILES string of the molecule is CCCOC1CCCN(C(=O)C2CCCN(S(=O)(=O)c3ccc(Br)cc3)C2)C1. The van der Waals surface area contributed by atoms with Crippen LogP contribution in [0.3, 0.4) is 0 Å². The zero-order chi connectivity index (χ0) is 20.1. The van der Waals surface area contributed by atoms with E-state index in [4.69, 9.17) is 4.74 Å². The summed E-state index contributed by atoms with van der Waals surface area (Å²) in [6.45, 7) is 4.87. The molecule has 156 valence electrons. The maximum atomic E-state index is 13.1. The molecule has 0 radical (unpaired) electrons. The fraction of sp³-hybridized carbons (Fsp3) is 0.650. The Balaban J connectivity index is 1.65. The average molecular weight is 473 g/mol. The number of carbonyl (C=O) groups is 1. The topological polar surface area (TPSA) is 66.9 Å². The van der Waals surface area contributed by atoms with Crippen molar-refractivity contribution in [2.45, 2.75) is 50.0 Å². The maximum Gasteiger partial charge on any atom is 0.243 e. The van der Waals surface area contributed by atoms with Gasteiger partial charge in [-0.1, -0.05) is 22.9 Å². The predicted octanol–water partition coefficient (Wildman–Crippen LogP) is 3.27. The molecule has 2 atom stereocenters. The van der Waals surface area contributed by atoms with Gasteiger partial charge in [0, 0.05) is 37.3 Å². The van der Waals surface area contributed by atoms with E-state index in [0.29, 0.717) is 19.5 Å². The van der Waals surface area contributed by atoms with Crippen LogP contribution in [-0.2, 0) is 19.6 Å². The van der Waals surface area contributed by atoms with E-state index in [1.807, 2.05) is 4.90 Å². The van der Waals surface area contributed by atoms with E-state index in [9.17, 15) is 13.2 Å². The highest BCUT2D eigenvalue weighted by atomic mass is 79.9. The molecular weight excluding hydrogens is 444 g/mol. The van der Waals surface area contributed by atoms with Crippen molar-refractivity contribution in [3.63, 3.8) is 0 Å². The van der Waals surface area contributed by atoms with Gasteiger partial charge in [-0.25, -0.2) is 8.42 Å². The van der Waals surface area contributed by atoms with Crippen molar-refractivity contribution in [2.75, 3.05) is 32.8 Å². The van der Waals surface area contributed by atoms with E-state index in [1.54, 1.807) is 24.3 Å². The van der Waals surface area contributed by atoms with Gasteiger partial charge in [0.25, 0.3) is 0 Å². The zero-order valence-electron chi connectivity index (χ0n) is 16.3. The first-order chi connectivity index (χ1) is 13.4. The number of piperidine rings is 2. The number of hydrogen-bond donors (Lipinski definition) is 0. The Kier molecular flexibility index (Phi) is 7.53. The summed E-state index contributed by atoms with van der Waals surface area (Å²) in [5.41, 5.74) is 0.